The van der Waals surface area contributed by atoms with Crippen molar-refractivity contribution in [2.45, 2.75) is 147 Å². The van der Waals surface area contributed by atoms with Crippen LogP contribution in [0.5, 0.6) is 34.9 Å². The Kier molecular flexibility index (Phi) is 20.8. The molecule has 0 fully saturated rings. The third kappa shape index (κ3) is 15.4. The molecule has 0 atom stereocenters. The lowest BCUT2D eigenvalue weighted by Gasteiger charge is -2.18. The molecule has 386 valence electrons. The van der Waals surface area contributed by atoms with Crippen LogP contribution in [0.25, 0.3) is 0 Å². The summed E-state index contributed by atoms with van der Waals surface area (Å²) >= 11 is 0. The molecule has 6 aromatic rings. The molecule has 0 aliphatic heterocycles. The lowest BCUT2D eigenvalue weighted by atomic mass is 10.1. The summed E-state index contributed by atoms with van der Waals surface area (Å²) in [6.07, 6.45) is 5.40. The van der Waals surface area contributed by atoms with Crippen molar-refractivity contribution < 1.29 is 14.2 Å². The van der Waals surface area contributed by atoms with Crippen molar-refractivity contribution in [3.63, 3.8) is 0 Å². The molecule has 0 aliphatic carbocycles. The van der Waals surface area contributed by atoms with E-state index in [2.05, 4.69) is 32.9 Å². The van der Waals surface area contributed by atoms with Crippen LogP contribution in [0.15, 0.2) is 95.5 Å². The van der Waals surface area contributed by atoms with Crippen molar-refractivity contribution >= 4 is 0 Å². The molecule has 3 aromatic carbocycles. The average molecular weight is 996 g/mol. The highest BCUT2D eigenvalue weighted by atomic mass is 16.5. The van der Waals surface area contributed by atoms with E-state index in [1.165, 1.54) is 13.7 Å². The number of aromatic nitrogens is 6. The van der Waals surface area contributed by atoms with Crippen LogP contribution in [0.4, 0.5) is 0 Å². The van der Waals surface area contributed by atoms with E-state index in [1.807, 2.05) is 139 Å². The molecule has 0 aliphatic rings. The van der Waals surface area contributed by atoms with E-state index in [9.17, 15) is 28.8 Å². The van der Waals surface area contributed by atoms with Gasteiger partial charge in [-0.15, -0.1) is 5.92 Å². The van der Waals surface area contributed by atoms with Gasteiger partial charge in [-0.3, -0.25) is 43.0 Å². The molecular weight excluding hydrogens is 927 g/mol. The summed E-state index contributed by atoms with van der Waals surface area (Å²) in [4.78, 5) is 80.8. The molecule has 3 aromatic heterocycles. The number of hydrogen-bond acceptors (Lipinski definition) is 10. The second kappa shape index (κ2) is 26.4. The first kappa shape index (κ1) is 57.5. The minimum absolute atomic E-state index is 0.0767. The van der Waals surface area contributed by atoms with Crippen LogP contribution in [-0.4, -0.2) is 28.7 Å². The van der Waals surface area contributed by atoms with Crippen LogP contribution in [0.2, 0.25) is 0 Å². The Morgan fingerprint density at radius 1 is 0.562 bits per heavy atom. The van der Waals surface area contributed by atoms with E-state index >= 15 is 0 Å². The van der Waals surface area contributed by atoms with E-state index in [0.29, 0.717) is 58.5 Å². The van der Waals surface area contributed by atoms with Gasteiger partial charge in [-0.05, 0) is 143 Å². The van der Waals surface area contributed by atoms with Crippen molar-refractivity contribution in [2.24, 2.45) is 0 Å². The Balaban J connectivity index is 0.000000237. The highest BCUT2D eigenvalue weighted by molar-refractivity contribution is 5.43. The number of aromatic amines is 3. The zero-order chi connectivity index (χ0) is 54.3. The summed E-state index contributed by atoms with van der Waals surface area (Å²) in [5.41, 5.74) is 4.15. The standard InChI is InChI=1S/C19H23N3O3.C19H24N2O3.C19H22N2O3/c1-5-6-7-22-18(16(12(2)3)17(23)21-19(22)24)25-15-9-13(4)8-14(10-15)11-20;2*1-6-7-8-21-18(16(12(2)3)17(22)20-19(21)23)24-15-10-13(4)9-14(5)11-15/h8-10,12H,5-7H2,1-4H3,(H,21,23,24);6-7,9-12H,8H2,1-5H3,(H,20,22,23);9-12H,8H2,1-5H3,(H,20,22,23)/b;7-6-;. The third-order valence-corrected chi connectivity index (χ3v) is 11.2. The van der Waals surface area contributed by atoms with Crippen LogP contribution in [0.3, 0.4) is 0 Å². The minimum atomic E-state index is -0.522. The van der Waals surface area contributed by atoms with E-state index in [0.717, 1.165) is 40.7 Å². The fraction of sp³-hybridized carbons (Fsp3) is 0.386. The van der Waals surface area contributed by atoms with Crippen LogP contribution < -0.4 is 48.0 Å². The zero-order valence-electron chi connectivity index (χ0n) is 44.6. The molecule has 0 bridgehead atoms. The fourth-order valence-corrected chi connectivity index (χ4v) is 7.95. The number of allylic oxidation sites excluding steroid dienone is 2. The maximum atomic E-state index is 12.3. The predicted molar refractivity (Wildman–Crippen MR) is 287 cm³/mol. The number of unbranched alkanes of at least 4 members (excludes halogenated alkanes) is 1. The summed E-state index contributed by atoms with van der Waals surface area (Å²) in [5, 5.41) is 9.14. The molecule has 16 nitrogen and oxygen atoms in total. The maximum Gasteiger partial charge on any atom is 0.332 e. The number of benzene rings is 3. The van der Waals surface area contributed by atoms with Crippen molar-refractivity contribution in [3.05, 3.63) is 179 Å². The largest absolute Gasteiger partial charge is 0.440 e. The number of hydrogen-bond donors (Lipinski definition) is 3. The molecule has 0 saturated carbocycles. The Labute approximate surface area is 426 Å². The SMILES string of the molecule is C/C=C\Cn1c(Oc2cc(C)cc(C)c2)c(C(C)C)c(=O)[nH]c1=O.CC#CCn1c(Oc2cc(C)cc(C)c2)c(C(C)C)c(=O)[nH]c1=O.CCCCn1c(Oc2cc(C)cc(C#N)c2)c(C(C)C)c(=O)[nH]c1=O. The van der Waals surface area contributed by atoms with Crippen molar-refractivity contribution in [3.8, 4) is 52.8 Å². The molecule has 0 radical (unpaired) electrons. The number of nitrogens with zero attached hydrogens (tertiary/aromatic N) is 4. The van der Waals surface area contributed by atoms with E-state index < -0.39 is 33.7 Å². The Bertz CT molecular complexity index is 3400. The average Bonchev–Trinajstić information content (AvgIpc) is 3.27. The molecule has 3 heterocycles. The van der Waals surface area contributed by atoms with Gasteiger partial charge in [0.25, 0.3) is 16.7 Å². The zero-order valence-corrected chi connectivity index (χ0v) is 44.6. The van der Waals surface area contributed by atoms with Gasteiger partial charge in [-0.2, -0.15) is 5.26 Å². The normalized spacial score (nSPS) is 10.8. The lowest BCUT2D eigenvalue weighted by Crippen LogP contribution is -2.34. The Morgan fingerprint density at radius 2 is 0.932 bits per heavy atom. The number of H-pyrrole nitrogens is 3. The quantitative estimate of drug-likeness (QED) is 0.0653. The van der Waals surface area contributed by atoms with Gasteiger partial charge in [0.2, 0.25) is 17.6 Å². The summed E-state index contributed by atoms with van der Waals surface area (Å²) in [6.45, 7) is 27.7. The molecule has 6 rings (SSSR count). The third-order valence-electron chi connectivity index (χ3n) is 11.2. The highest BCUT2D eigenvalue weighted by Crippen LogP contribution is 2.31. The van der Waals surface area contributed by atoms with Crippen molar-refractivity contribution in [1.29, 1.82) is 5.26 Å². The number of nitrogens with one attached hydrogen (secondary N) is 3. The van der Waals surface area contributed by atoms with Gasteiger partial charge in [-0.25, -0.2) is 14.4 Å². The van der Waals surface area contributed by atoms with Gasteiger partial charge in [0, 0.05) is 13.1 Å². The smallest absolute Gasteiger partial charge is 0.332 e. The lowest BCUT2D eigenvalue weighted by molar-refractivity contribution is 0.397. The highest BCUT2D eigenvalue weighted by Gasteiger charge is 2.23. The molecule has 73 heavy (non-hydrogen) atoms. The molecular formula is C57H69N7O9. The molecule has 0 unspecified atom stereocenters. The van der Waals surface area contributed by atoms with Gasteiger partial charge in [0.15, 0.2) is 0 Å². The molecule has 16 heteroatoms. The monoisotopic (exact) mass is 996 g/mol. The van der Waals surface area contributed by atoms with Crippen molar-refractivity contribution in [1.82, 2.24) is 28.7 Å². The molecule has 0 saturated heterocycles. The fourth-order valence-electron chi connectivity index (χ4n) is 7.95. The maximum absolute atomic E-state index is 12.3. The van der Waals surface area contributed by atoms with E-state index in [-0.39, 0.29) is 36.1 Å². The van der Waals surface area contributed by atoms with Crippen LogP contribution in [-0.2, 0) is 19.6 Å². The summed E-state index contributed by atoms with van der Waals surface area (Å²) in [7, 11) is 0. The summed E-state index contributed by atoms with van der Waals surface area (Å²) in [5.74, 6) is 7.79. The number of rotatable bonds is 15. The summed E-state index contributed by atoms with van der Waals surface area (Å²) < 4.78 is 22.3. The first-order valence-electron chi connectivity index (χ1n) is 24.4. The van der Waals surface area contributed by atoms with Crippen LogP contribution in [0, 0.1) is 57.8 Å². The number of aryl methyl sites for hydroxylation is 5. The van der Waals surface area contributed by atoms with Gasteiger partial charge < -0.3 is 14.2 Å². The predicted octanol–water partition coefficient (Wildman–Crippen LogP) is 10.2. The molecule has 0 amide bonds. The van der Waals surface area contributed by atoms with Gasteiger partial charge >= 0.3 is 17.1 Å². The topological polar surface area (TPSA) is 216 Å². The minimum Gasteiger partial charge on any atom is -0.440 e. The first-order valence-corrected chi connectivity index (χ1v) is 24.4. The second-order valence-electron chi connectivity index (χ2n) is 18.7. The number of nitriles is 1. The van der Waals surface area contributed by atoms with Crippen molar-refractivity contribution in [2.75, 3.05) is 0 Å². The molecule has 0 spiro atoms. The molecule has 3 N–H and O–H groups in total. The Morgan fingerprint density at radius 3 is 1.32 bits per heavy atom. The van der Waals surface area contributed by atoms with E-state index in [4.69, 9.17) is 19.5 Å². The van der Waals surface area contributed by atoms with Gasteiger partial charge in [0.05, 0.1) is 34.9 Å². The summed E-state index contributed by atoms with van der Waals surface area (Å²) in [6, 6.07) is 18.8. The Hall–Kier alpha value is -8.11. The van der Waals surface area contributed by atoms with Crippen LogP contribution >= 0.6 is 0 Å². The van der Waals surface area contributed by atoms with Gasteiger partial charge in [-0.1, -0.05) is 85.1 Å². The van der Waals surface area contributed by atoms with Gasteiger partial charge in [0.1, 0.15) is 17.2 Å². The van der Waals surface area contributed by atoms with E-state index in [1.54, 1.807) is 25.1 Å². The van der Waals surface area contributed by atoms with Crippen LogP contribution in [0.1, 0.15) is 143 Å². The second-order valence-corrected chi connectivity index (χ2v) is 18.7. The number of ether oxygens (including phenoxy) is 3. The first-order chi connectivity index (χ1) is 34.5.